The summed E-state index contributed by atoms with van der Waals surface area (Å²) in [6.07, 6.45) is 0.916. The van der Waals surface area contributed by atoms with Gasteiger partial charge in [-0.2, -0.15) is 0 Å². The van der Waals surface area contributed by atoms with Gasteiger partial charge in [0.05, 0.1) is 18.4 Å². The number of nitrogens with zero attached hydrogens (tertiary/aromatic N) is 2. The average molecular weight is 338 g/mol. The van der Waals surface area contributed by atoms with Gasteiger partial charge >= 0.3 is 5.97 Å². The van der Waals surface area contributed by atoms with Gasteiger partial charge in [-0.3, -0.25) is 0 Å². The van der Waals surface area contributed by atoms with E-state index < -0.39 is 0 Å². The van der Waals surface area contributed by atoms with E-state index in [4.69, 9.17) is 9.72 Å². The van der Waals surface area contributed by atoms with E-state index in [1.54, 1.807) is 0 Å². The molecule has 1 aromatic carbocycles. The van der Waals surface area contributed by atoms with Gasteiger partial charge in [0, 0.05) is 24.7 Å². The predicted molar refractivity (Wildman–Crippen MR) is 101 cm³/mol. The van der Waals surface area contributed by atoms with Gasteiger partial charge in [-0.25, -0.2) is 9.78 Å². The molecule has 3 rings (SSSR count). The summed E-state index contributed by atoms with van der Waals surface area (Å²) in [4.78, 5) is 19.8. The van der Waals surface area contributed by atoms with Gasteiger partial charge in [-0.05, 0) is 23.8 Å². The zero-order valence-corrected chi connectivity index (χ0v) is 15.7. The summed E-state index contributed by atoms with van der Waals surface area (Å²) in [7, 11) is 3.52. The number of anilines is 1. The van der Waals surface area contributed by atoms with Crippen LogP contribution in [0.25, 0.3) is 11.1 Å². The second kappa shape index (κ2) is 6.87. The lowest BCUT2D eigenvalue weighted by Gasteiger charge is -2.34. The number of methoxy groups -OCH3 is 1. The Kier molecular flexibility index (Phi) is 4.80. The SMILES string of the molecule is COC(=O)c1c(C(C)C)nc2c(c1-c1ccccc1)CC(C)CN2C. The van der Waals surface area contributed by atoms with Crippen molar-refractivity contribution in [2.45, 2.75) is 33.1 Å². The smallest absolute Gasteiger partial charge is 0.340 e. The van der Waals surface area contributed by atoms with Crippen LogP contribution in [0.5, 0.6) is 0 Å². The Hall–Kier alpha value is -2.36. The number of esters is 1. The Morgan fingerprint density at radius 1 is 1.28 bits per heavy atom. The molecule has 0 amide bonds. The minimum atomic E-state index is -0.307. The zero-order valence-electron chi connectivity index (χ0n) is 15.7. The topological polar surface area (TPSA) is 42.4 Å². The summed E-state index contributed by atoms with van der Waals surface area (Å²) in [5, 5.41) is 0. The summed E-state index contributed by atoms with van der Waals surface area (Å²) in [6.45, 7) is 7.36. The van der Waals surface area contributed by atoms with E-state index in [9.17, 15) is 4.79 Å². The van der Waals surface area contributed by atoms with Gasteiger partial charge < -0.3 is 9.64 Å². The Balaban J connectivity index is 2.40. The summed E-state index contributed by atoms with van der Waals surface area (Å²) in [5.74, 6) is 1.33. The maximum Gasteiger partial charge on any atom is 0.340 e. The number of ether oxygens (including phenoxy) is 1. The molecule has 1 unspecified atom stereocenters. The second-order valence-corrected chi connectivity index (χ2v) is 7.25. The minimum absolute atomic E-state index is 0.134. The van der Waals surface area contributed by atoms with Crippen molar-refractivity contribution in [1.82, 2.24) is 4.98 Å². The summed E-state index contributed by atoms with van der Waals surface area (Å²) >= 11 is 0. The molecule has 1 aromatic heterocycles. The van der Waals surface area contributed by atoms with E-state index >= 15 is 0 Å². The molecule has 0 N–H and O–H groups in total. The number of hydrogen-bond donors (Lipinski definition) is 0. The number of fused-ring (bicyclic) bond motifs is 1. The lowest BCUT2D eigenvalue weighted by atomic mass is 9.85. The Morgan fingerprint density at radius 2 is 1.96 bits per heavy atom. The molecule has 132 valence electrons. The van der Waals surface area contributed by atoms with Crippen molar-refractivity contribution in [1.29, 1.82) is 0 Å². The molecule has 0 fully saturated rings. The molecule has 1 atom stereocenters. The van der Waals surface area contributed by atoms with Crippen LogP contribution in [0.3, 0.4) is 0 Å². The van der Waals surface area contributed by atoms with E-state index in [-0.39, 0.29) is 11.9 Å². The van der Waals surface area contributed by atoms with Crippen LogP contribution >= 0.6 is 0 Å². The first-order valence-electron chi connectivity index (χ1n) is 8.85. The van der Waals surface area contributed by atoms with E-state index in [0.717, 1.165) is 41.2 Å². The fourth-order valence-corrected chi connectivity index (χ4v) is 3.75. The van der Waals surface area contributed by atoms with Crippen LogP contribution in [-0.4, -0.2) is 31.7 Å². The monoisotopic (exact) mass is 338 g/mol. The lowest BCUT2D eigenvalue weighted by Crippen LogP contribution is -2.33. The molecule has 1 aliphatic rings. The van der Waals surface area contributed by atoms with Crippen molar-refractivity contribution in [3.63, 3.8) is 0 Å². The number of aromatic nitrogens is 1. The maximum absolute atomic E-state index is 12.7. The average Bonchev–Trinajstić information content (AvgIpc) is 2.60. The zero-order chi connectivity index (χ0) is 18.1. The van der Waals surface area contributed by atoms with Crippen LogP contribution in [0.1, 0.15) is 48.3 Å². The van der Waals surface area contributed by atoms with Crippen LogP contribution in [0, 0.1) is 5.92 Å². The largest absolute Gasteiger partial charge is 0.465 e. The van der Waals surface area contributed by atoms with Crippen molar-refractivity contribution in [3.05, 3.63) is 47.2 Å². The second-order valence-electron chi connectivity index (χ2n) is 7.25. The van der Waals surface area contributed by atoms with Crippen molar-refractivity contribution in [2.24, 2.45) is 5.92 Å². The van der Waals surface area contributed by atoms with Gasteiger partial charge in [-0.1, -0.05) is 51.1 Å². The molecule has 0 saturated carbocycles. The first-order chi connectivity index (χ1) is 11.9. The number of rotatable bonds is 3. The molecule has 0 aliphatic carbocycles. The fourth-order valence-electron chi connectivity index (χ4n) is 3.75. The highest BCUT2D eigenvalue weighted by Crippen LogP contribution is 2.40. The third kappa shape index (κ3) is 3.13. The Morgan fingerprint density at radius 3 is 2.56 bits per heavy atom. The molecular formula is C21H26N2O2. The number of benzene rings is 1. The predicted octanol–water partition coefficient (Wildman–Crippen LogP) is 4.29. The molecule has 0 saturated heterocycles. The molecule has 1 aliphatic heterocycles. The van der Waals surface area contributed by atoms with E-state index in [1.807, 2.05) is 18.2 Å². The van der Waals surface area contributed by atoms with Crippen LogP contribution < -0.4 is 4.90 Å². The third-order valence-corrected chi connectivity index (χ3v) is 4.80. The number of carbonyl (C=O) groups is 1. The molecule has 0 radical (unpaired) electrons. The quantitative estimate of drug-likeness (QED) is 0.783. The normalized spacial score (nSPS) is 16.7. The van der Waals surface area contributed by atoms with Crippen LogP contribution in [0.4, 0.5) is 5.82 Å². The highest BCUT2D eigenvalue weighted by Gasteiger charge is 2.31. The third-order valence-electron chi connectivity index (χ3n) is 4.80. The Bertz CT molecular complexity index is 784. The van der Waals surface area contributed by atoms with Crippen LogP contribution in [-0.2, 0) is 11.2 Å². The highest BCUT2D eigenvalue weighted by molar-refractivity contribution is 6.00. The first kappa shape index (κ1) is 17.5. The van der Waals surface area contributed by atoms with E-state index in [2.05, 4.69) is 44.9 Å². The molecule has 2 heterocycles. The number of carbonyl (C=O) groups excluding carboxylic acids is 1. The van der Waals surface area contributed by atoms with E-state index in [0.29, 0.717) is 11.5 Å². The van der Waals surface area contributed by atoms with Gasteiger partial charge in [0.25, 0.3) is 0 Å². The molecule has 0 spiro atoms. The van der Waals surface area contributed by atoms with Crippen molar-refractivity contribution in [3.8, 4) is 11.1 Å². The van der Waals surface area contributed by atoms with Crippen molar-refractivity contribution < 1.29 is 9.53 Å². The highest BCUT2D eigenvalue weighted by atomic mass is 16.5. The molecule has 0 bridgehead atoms. The minimum Gasteiger partial charge on any atom is -0.465 e. The summed E-state index contributed by atoms with van der Waals surface area (Å²) < 4.78 is 5.14. The molecular weight excluding hydrogens is 312 g/mol. The van der Waals surface area contributed by atoms with E-state index in [1.165, 1.54) is 7.11 Å². The van der Waals surface area contributed by atoms with Gasteiger partial charge in [0.1, 0.15) is 5.82 Å². The van der Waals surface area contributed by atoms with Gasteiger partial charge in [0.15, 0.2) is 0 Å². The molecule has 25 heavy (non-hydrogen) atoms. The fraction of sp³-hybridized carbons (Fsp3) is 0.429. The summed E-state index contributed by atoms with van der Waals surface area (Å²) in [6, 6.07) is 10.1. The van der Waals surface area contributed by atoms with Crippen LogP contribution in [0.2, 0.25) is 0 Å². The molecule has 4 nitrogen and oxygen atoms in total. The Labute approximate surface area is 149 Å². The molecule has 4 heteroatoms. The van der Waals surface area contributed by atoms with Crippen molar-refractivity contribution in [2.75, 3.05) is 25.6 Å². The van der Waals surface area contributed by atoms with Gasteiger partial charge in [0.2, 0.25) is 0 Å². The standard InChI is InChI=1S/C21H26N2O2/c1-13(2)19-18(21(24)25-5)17(15-9-7-6-8-10-15)16-11-14(3)12-23(4)20(16)22-19/h6-10,13-14H,11-12H2,1-5H3. The van der Waals surface area contributed by atoms with Crippen LogP contribution in [0.15, 0.2) is 30.3 Å². The molecule has 2 aromatic rings. The lowest BCUT2D eigenvalue weighted by molar-refractivity contribution is 0.0599. The first-order valence-corrected chi connectivity index (χ1v) is 8.85. The number of pyridine rings is 1. The van der Waals surface area contributed by atoms with Crippen molar-refractivity contribution >= 4 is 11.8 Å². The summed E-state index contributed by atoms with van der Waals surface area (Å²) in [5.41, 5.74) is 4.61. The maximum atomic E-state index is 12.7. The number of hydrogen-bond acceptors (Lipinski definition) is 4. The van der Waals surface area contributed by atoms with Gasteiger partial charge in [-0.15, -0.1) is 0 Å².